The predicted octanol–water partition coefficient (Wildman–Crippen LogP) is 0.504. The largest absolute Gasteiger partial charge is 0.350 e. The number of imide groups is 2. The van der Waals surface area contributed by atoms with Gasteiger partial charge in [0.05, 0.1) is 0 Å². The molecule has 0 radical (unpaired) electrons. The van der Waals surface area contributed by atoms with Gasteiger partial charge in [-0.25, -0.2) is 9.69 Å². The molecule has 1 saturated heterocycles. The van der Waals surface area contributed by atoms with Crippen molar-refractivity contribution >= 4 is 23.8 Å². The van der Waals surface area contributed by atoms with Crippen molar-refractivity contribution in [3.8, 4) is 0 Å². The Morgan fingerprint density at radius 2 is 1.68 bits per heavy atom. The average Bonchev–Trinajstić information content (AvgIpc) is 2.72. The standard InChI is InChI=1S/C15H17N3O4/c1-2-8-17-13(20)14(21)18(15(17)22)10-12(19)16-9-11-6-4-3-5-7-11/h3-7H,2,8-10H2,1H3,(H,16,19). The smallest absolute Gasteiger partial charge is 0.334 e. The van der Waals surface area contributed by atoms with Crippen LogP contribution in [0.15, 0.2) is 30.3 Å². The molecule has 0 atom stereocenters. The fourth-order valence-electron chi connectivity index (χ4n) is 2.11. The van der Waals surface area contributed by atoms with Gasteiger partial charge < -0.3 is 5.32 Å². The summed E-state index contributed by atoms with van der Waals surface area (Å²) in [6, 6.07) is 8.51. The van der Waals surface area contributed by atoms with Gasteiger partial charge in [-0.05, 0) is 12.0 Å². The molecule has 0 aromatic heterocycles. The van der Waals surface area contributed by atoms with Crippen LogP contribution in [0.1, 0.15) is 18.9 Å². The Morgan fingerprint density at radius 3 is 2.32 bits per heavy atom. The molecule has 0 aliphatic carbocycles. The van der Waals surface area contributed by atoms with Gasteiger partial charge in [-0.3, -0.25) is 19.3 Å². The zero-order valence-corrected chi connectivity index (χ0v) is 12.2. The third-order valence-electron chi connectivity index (χ3n) is 3.22. The Kier molecular flexibility index (Phi) is 4.88. The molecule has 1 heterocycles. The van der Waals surface area contributed by atoms with Crippen molar-refractivity contribution in [1.29, 1.82) is 0 Å². The lowest BCUT2D eigenvalue weighted by atomic mass is 10.2. The third kappa shape index (κ3) is 3.30. The van der Waals surface area contributed by atoms with Gasteiger partial charge in [0.15, 0.2) is 0 Å². The minimum absolute atomic E-state index is 0.172. The molecule has 5 amide bonds. The molecular formula is C15H17N3O4. The van der Waals surface area contributed by atoms with Crippen molar-refractivity contribution in [2.75, 3.05) is 13.1 Å². The second-order valence-corrected chi connectivity index (χ2v) is 4.89. The molecule has 0 unspecified atom stereocenters. The second-order valence-electron chi connectivity index (χ2n) is 4.89. The van der Waals surface area contributed by atoms with Gasteiger partial charge >= 0.3 is 17.8 Å². The zero-order chi connectivity index (χ0) is 16.1. The van der Waals surface area contributed by atoms with Crippen molar-refractivity contribution < 1.29 is 19.2 Å². The maximum atomic E-state index is 12.0. The van der Waals surface area contributed by atoms with Crippen molar-refractivity contribution in [3.05, 3.63) is 35.9 Å². The maximum Gasteiger partial charge on any atom is 0.334 e. The molecule has 0 saturated carbocycles. The van der Waals surface area contributed by atoms with E-state index in [9.17, 15) is 19.2 Å². The fraction of sp³-hybridized carbons (Fsp3) is 0.333. The molecule has 1 N–H and O–H groups in total. The highest BCUT2D eigenvalue weighted by Crippen LogP contribution is 2.12. The van der Waals surface area contributed by atoms with E-state index in [4.69, 9.17) is 0 Å². The van der Waals surface area contributed by atoms with Crippen LogP contribution in [0.5, 0.6) is 0 Å². The van der Waals surface area contributed by atoms with Crippen LogP contribution in [0.2, 0.25) is 0 Å². The number of nitrogens with zero attached hydrogens (tertiary/aromatic N) is 2. The summed E-state index contributed by atoms with van der Waals surface area (Å²) in [6.07, 6.45) is 0.554. The van der Waals surface area contributed by atoms with E-state index in [-0.39, 0.29) is 6.54 Å². The highest BCUT2D eigenvalue weighted by Gasteiger charge is 2.44. The highest BCUT2D eigenvalue weighted by atomic mass is 16.2. The van der Waals surface area contributed by atoms with Crippen LogP contribution in [0.3, 0.4) is 0 Å². The van der Waals surface area contributed by atoms with Crippen LogP contribution in [0.25, 0.3) is 0 Å². The van der Waals surface area contributed by atoms with Gasteiger partial charge in [0.1, 0.15) is 6.54 Å². The lowest BCUT2D eigenvalue weighted by Crippen LogP contribution is -2.41. The molecule has 0 bridgehead atoms. The van der Waals surface area contributed by atoms with Crippen LogP contribution in [-0.4, -0.2) is 46.6 Å². The van der Waals surface area contributed by atoms with Crippen molar-refractivity contribution in [3.63, 3.8) is 0 Å². The molecule has 7 nitrogen and oxygen atoms in total. The summed E-state index contributed by atoms with van der Waals surface area (Å²) < 4.78 is 0. The molecule has 1 aromatic rings. The Balaban J connectivity index is 1.92. The molecule has 1 aliphatic rings. The molecule has 22 heavy (non-hydrogen) atoms. The molecule has 1 aromatic carbocycles. The number of carbonyl (C=O) groups excluding carboxylic acids is 4. The van der Waals surface area contributed by atoms with E-state index in [1.54, 1.807) is 6.92 Å². The monoisotopic (exact) mass is 303 g/mol. The summed E-state index contributed by atoms with van der Waals surface area (Å²) in [7, 11) is 0. The van der Waals surface area contributed by atoms with E-state index in [0.717, 1.165) is 10.5 Å². The Labute approximate surface area is 127 Å². The highest BCUT2D eigenvalue weighted by molar-refractivity contribution is 6.45. The summed E-state index contributed by atoms with van der Waals surface area (Å²) in [4.78, 5) is 48.8. The summed E-state index contributed by atoms with van der Waals surface area (Å²) >= 11 is 0. The molecule has 7 heteroatoms. The predicted molar refractivity (Wildman–Crippen MR) is 77.4 cm³/mol. The molecular weight excluding hydrogens is 286 g/mol. The normalized spacial score (nSPS) is 14.7. The first kappa shape index (κ1) is 15.7. The Morgan fingerprint density at radius 1 is 1.05 bits per heavy atom. The quantitative estimate of drug-likeness (QED) is 0.612. The number of rotatable bonds is 6. The number of amides is 5. The molecule has 2 rings (SSSR count). The van der Waals surface area contributed by atoms with Gasteiger partial charge in [0, 0.05) is 13.1 Å². The van der Waals surface area contributed by atoms with Crippen LogP contribution in [0.4, 0.5) is 4.79 Å². The summed E-state index contributed by atoms with van der Waals surface area (Å²) in [6.45, 7) is 1.81. The first-order valence-corrected chi connectivity index (χ1v) is 7.02. The zero-order valence-electron chi connectivity index (χ0n) is 12.2. The van der Waals surface area contributed by atoms with Crippen LogP contribution >= 0.6 is 0 Å². The Hall–Kier alpha value is -2.70. The van der Waals surface area contributed by atoms with E-state index in [1.807, 2.05) is 30.3 Å². The summed E-state index contributed by atoms with van der Waals surface area (Å²) in [5.74, 6) is -2.31. The van der Waals surface area contributed by atoms with Crippen LogP contribution in [0, 0.1) is 0 Å². The summed E-state index contributed by atoms with van der Waals surface area (Å²) in [5, 5.41) is 2.61. The lowest BCUT2D eigenvalue weighted by molar-refractivity contribution is -0.144. The van der Waals surface area contributed by atoms with E-state index in [0.29, 0.717) is 17.9 Å². The third-order valence-corrected chi connectivity index (χ3v) is 3.22. The number of hydrogen-bond acceptors (Lipinski definition) is 4. The average molecular weight is 303 g/mol. The van der Waals surface area contributed by atoms with Gasteiger partial charge in [0.2, 0.25) is 5.91 Å². The fourth-order valence-corrected chi connectivity index (χ4v) is 2.11. The number of nitrogens with one attached hydrogen (secondary N) is 1. The topological polar surface area (TPSA) is 86.8 Å². The van der Waals surface area contributed by atoms with Crippen molar-refractivity contribution in [2.45, 2.75) is 19.9 Å². The van der Waals surface area contributed by atoms with Crippen molar-refractivity contribution in [2.24, 2.45) is 0 Å². The number of urea groups is 1. The summed E-state index contributed by atoms with van der Waals surface area (Å²) in [5.41, 5.74) is 0.901. The molecule has 1 fully saturated rings. The van der Waals surface area contributed by atoms with Crippen LogP contribution < -0.4 is 5.32 Å². The minimum atomic E-state index is -0.951. The van der Waals surface area contributed by atoms with Gasteiger partial charge in [0.25, 0.3) is 0 Å². The number of carbonyl (C=O) groups is 4. The Bertz CT molecular complexity index is 600. The van der Waals surface area contributed by atoms with E-state index in [1.165, 1.54) is 0 Å². The minimum Gasteiger partial charge on any atom is -0.350 e. The molecule has 0 spiro atoms. The van der Waals surface area contributed by atoms with E-state index >= 15 is 0 Å². The first-order valence-electron chi connectivity index (χ1n) is 7.02. The van der Waals surface area contributed by atoms with Crippen LogP contribution in [-0.2, 0) is 20.9 Å². The van der Waals surface area contributed by atoms with Crippen molar-refractivity contribution in [1.82, 2.24) is 15.1 Å². The first-order chi connectivity index (χ1) is 10.5. The maximum absolute atomic E-state index is 12.0. The molecule has 1 aliphatic heterocycles. The van der Waals surface area contributed by atoms with E-state index in [2.05, 4.69) is 5.32 Å². The van der Waals surface area contributed by atoms with Gasteiger partial charge in [-0.1, -0.05) is 37.3 Å². The molecule has 116 valence electrons. The SMILES string of the molecule is CCCN1C(=O)C(=O)N(CC(=O)NCc2ccccc2)C1=O. The number of hydrogen-bond donors (Lipinski definition) is 1. The van der Waals surface area contributed by atoms with Gasteiger partial charge in [-0.15, -0.1) is 0 Å². The van der Waals surface area contributed by atoms with E-state index < -0.39 is 30.3 Å². The number of benzene rings is 1. The van der Waals surface area contributed by atoms with Gasteiger partial charge in [-0.2, -0.15) is 0 Å². The second kappa shape index (κ2) is 6.84. The lowest BCUT2D eigenvalue weighted by Gasteiger charge is -2.14.